The van der Waals surface area contributed by atoms with Crippen molar-refractivity contribution < 1.29 is 0 Å². The van der Waals surface area contributed by atoms with Gasteiger partial charge in [0.15, 0.2) is 0 Å². The standard InChI is InChI=1S/C68H45NS/c1-5-20-48(21-6-1)67(49-22-7-2-8-23-49)59-31-16-13-28-54(59)57-45-53(41-42-61(57)67)69(52-39-36-46(37-40-52)47-38-43-65-58(44-47)55-29-15-18-35-64(55)70-65)63-34-19-33-62-66(63)56-30-14-17-32-60(56)68(62,50-24-9-3-10-25-50)51-26-11-4-12-27-51/h1-45H. The minimum atomic E-state index is -0.535. The fraction of sp³-hybridized carbons (Fsp3) is 0.0294. The lowest BCUT2D eigenvalue weighted by atomic mass is 9.67. The van der Waals surface area contributed by atoms with Gasteiger partial charge in [-0.2, -0.15) is 0 Å². The lowest BCUT2D eigenvalue weighted by Gasteiger charge is -2.35. The highest BCUT2D eigenvalue weighted by Gasteiger charge is 2.48. The summed E-state index contributed by atoms with van der Waals surface area (Å²) in [5.74, 6) is 0. The molecule has 1 aromatic heterocycles. The summed E-state index contributed by atoms with van der Waals surface area (Å²) < 4.78 is 2.64. The number of nitrogens with zero attached hydrogens (tertiary/aromatic N) is 1. The van der Waals surface area contributed by atoms with E-state index in [1.807, 2.05) is 11.3 Å². The largest absolute Gasteiger partial charge is 0.310 e. The molecule has 2 heteroatoms. The third-order valence-corrected chi connectivity index (χ3v) is 16.4. The second-order valence-corrected chi connectivity index (χ2v) is 19.8. The van der Waals surface area contributed by atoms with Crippen molar-refractivity contribution in [2.24, 2.45) is 0 Å². The van der Waals surface area contributed by atoms with E-state index in [1.165, 1.54) is 98.1 Å². The number of hydrogen-bond donors (Lipinski definition) is 0. The maximum atomic E-state index is 2.52. The number of rotatable bonds is 8. The number of thiophene rings is 1. The van der Waals surface area contributed by atoms with Gasteiger partial charge in [-0.15, -0.1) is 11.3 Å². The SMILES string of the molecule is c1ccc(C2(c3ccccc3)c3ccccc3-c3cc(N(c4ccc(-c5ccc6sc7ccccc7c6c5)cc4)c4cccc5c4-c4ccccc4C5(c4ccccc4)c4ccccc4)ccc32)cc1. The van der Waals surface area contributed by atoms with E-state index in [2.05, 4.69) is 278 Å². The zero-order valence-electron chi connectivity index (χ0n) is 38.3. The van der Waals surface area contributed by atoms with Crippen molar-refractivity contribution in [3.8, 4) is 33.4 Å². The van der Waals surface area contributed by atoms with Crippen LogP contribution in [0.1, 0.15) is 44.5 Å². The molecule has 0 bridgehead atoms. The van der Waals surface area contributed by atoms with E-state index < -0.39 is 10.8 Å². The van der Waals surface area contributed by atoms with Crippen LogP contribution in [0.5, 0.6) is 0 Å². The molecule has 0 N–H and O–H groups in total. The topological polar surface area (TPSA) is 3.24 Å². The van der Waals surface area contributed by atoms with Crippen molar-refractivity contribution in [2.45, 2.75) is 10.8 Å². The van der Waals surface area contributed by atoms with E-state index in [4.69, 9.17) is 0 Å². The molecule has 0 unspecified atom stereocenters. The van der Waals surface area contributed by atoms with Gasteiger partial charge in [0.05, 0.1) is 16.5 Å². The van der Waals surface area contributed by atoms with Crippen molar-refractivity contribution in [2.75, 3.05) is 4.90 Å². The van der Waals surface area contributed by atoms with Gasteiger partial charge in [-0.25, -0.2) is 0 Å². The molecule has 0 saturated carbocycles. The Kier molecular flexibility index (Phi) is 9.27. The first-order valence-corrected chi connectivity index (χ1v) is 25.1. The monoisotopic (exact) mass is 907 g/mol. The first-order chi connectivity index (χ1) is 34.7. The van der Waals surface area contributed by atoms with Crippen LogP contribution in [0.2, 0.25) is 0 Å². The molecule has 0 atom stereocenters. The van der Waals surface area contributed by atoms with Crippen molar-refractivity contribution in [1.29, 1.82) is 0 Å². The van der Waals surface area contributed by atoms with Gasteiger partial charge in [0.25, 0.3) is 0 Å². The Balaban J connectivity index is 1.02. The number of benzene rings is 11. The van der Waals surface area contributed by atoms with Crippen LogP contribution in [-0.4, -0.2) is 0 Å². The molecule has 0 fully saturated rings. The zero-order valence-corrected chi connectivity index (χ0v) is 39.2. The first-order valence-electron chi connectivity index (χ1n) is 24.2. The Labute approximate surface area is 412 Å². The van der Waals surface area contributed by atoms with Crippen molar-refractivity contribution in [3.05, 3.63) is 317 Å². The third kappa shape index (κ3) is 5.84. The molecule has 70 heavy (non-hydrogen) atoms. The zero-order chi connectivity index (χ0) is 46.2. The molecule has 0 spiro atoms. The molecular weight excluding hydrogens is 863 g/mol. The van der Waals surface area contributed by atoms with Gasteiger partial charge in [0.2, 0.25) is 0 Å². The molecule has 1 nitrogen and oxygen atoms in total. The van der Waals surface area contributed by atoms with Crippen molar-refractivity contribution >= 4 is 48.6 Å². The van der Waals surface area contributed by atoms with E-state index in [-0.39, 0.29) is 0 Å². The molecule has 11 aromatic carbocycles. The molecule has 0 amide bonds. The molecular formula is C68H45NS. The molecule has 1 heterocycles. The van der Waals surface area contributed by atoms with Crippen LogP contribution in [0.3, 0.4) is 0 Å². The molecule has 12 aromatic rings. The average Bonchev–Trinajstić information content (AvgIpc) is 4.07. The van der Waals surface area contributed by atoms with Crippen molar-refractivity contribution in [1.82, 2.24) is 0 Å². The lowest BCUT2D eigenvalue weighted by Crippen LogP contribution is -2.28. The van der Waals surface area contributed by atoms with Crippen LogP contribution in [0.15, 0.2) is 273 Å². The van der Waals surface area contributed by atoms with Crippen LogP contribution >= 0.6 is 11.3 Å². The summed E-state index contributed by atoms with van der Waals surface area (Å²) in [7, 11) is 0. The summed E-state index contributed by atoms with van der Waals surface area (Å²) >= 11 is 1.86. The van der Waals surface area contributed by atoms with Gasteiger partial charge in [-0.3, -0.25) is 0 Å². The molecule has 0 aliphatic heterocycles. The molecule has 0 radical (unpaired) electrons. The molecule has 14 rings (SSSR count). The number of fused-ring (bicyclic) bond motifs is 9. The summed E-state index contributed by atoms with van der Waals surface area (Å²) in [5.41, 5.74) is 19.9. The minimum absolute atomic E-state index is 0.494. The summed E-state index contributed by atoms with van der Waals surface area (Å²) in [5, 5.41) is 2.62. The highest BCUT2D eigenvalue weighted by Crippen LogP contribution is 2.61. The second kappa shape index (κ2) is 16.0. The van der Waals surface area contributed by atoms with Gasteiger partial charge in [-0.1, -0.05) is 224 Å². The second-order valence-electron chi connectivity index (χ2n) is 18.7. The molecule has 2 aliphatic rings. The quantitative estimate of drug-likeness (QED) is 0.147. The normalized spacial score (nSPS) is 13.7. The maximum absolute atomic E-state index is 2.52. The van der Waals surface area contributed by atoms with Crippen LogP contribution in [0.25, 0.3) is 53.6 Å². The summed E-state index contributed by atoms with van der Waals surface area (Å²) in [6, 6.07) is 102. The summed E-state index contributed by atoms with van der Waals surface area (Å²) in [4.78, 5) is 2.52. The lowest BCUT2D eigenvalue weighted by molar-refractivity contribution is 0.768. The van der Waals surface area contributed by atoms with Gasteiger partial charge >= 0.3 is 0 Å². The maximum Gasteiger partial charge on any atom is 0.0714 e. The van der Waals surface area contributed by atoms with Crippen LogP contribution in [0.4, 0.5) is 17.1 Å². The Morgan fingerprint density at radius 1 is 0.286 bits per heavy atom. The van der Waals surface area contributed by atoms with Crippen LogP contribution in [0, 0.1) is 0 Å². The fourth-order valence-corrected chi connectivity index (χ4v) is 13.5. The Hall–Kier alpha value is -8.56. The van der Waals surface area contributed by atoms with Gasteiger partial charge in [0.1, 0.15) is 0 Å². The summed E-state index contributed by atoms with van der Waals surface area (Å²) in [6.45, 7) is 0. The number of anilines is 3. The summed E-state index contributed by atoms with van der Waals surface area (Å²) in [6.07, 6.45) is 0. The van der Waals surface area contributed by atoms with E-state index in [1.54, 1.807) is 0 Å². The molecule has 0 saturated heterocycles. The predicted molar refractivity (Wildman–Crippen MR) is 294 cm³/mol. The van der Waals surface area contributed by atoms with E-state index in [0.717, 1.165) is 17.1 Å². The third-order valence-electron chi connectivity index (χ3n) is 15.2. The van der Waals surface area contributed by atoms with Gasteiger partial charge < -0.3 is 4.90 Å². The van der Waals surface area contributed by atoms with Crippen molar-refractivity contribution in [3.63, 3.8) is 0 Å². The van der Waals surface area contributed by atoms with E-state index in [0.29, 0.717) is 0 Å². The fourth-order valence-electron chi connectivity index (χ4n) is 12.4. The van der Waals surface area contributed by atoms with Crippen LogP contribution in [-0.2, 0) is 10.8 Å². The highest BCUT2D eigenvalue weighted by molar-refractivity contribution is 7.25. The van der Waals surface area contributed by atoms with Crippen LogP contribution < -0.4 is 4.90 Å². The highest BCUT2D eigenvalue weighted by atomic mass is 32.1. The Bertz CT molecular complexity index is 3850. The molecule has 2 aliphatic carbocycles. The average molecular weight is 908 g/mol. The van der Waals surface area contributed by atoms with E-state index in [9.17, 15) is 0 Å². The predicted octanol–water partition coefficient (Wildman–Crippen LogP) is 17.9. The Morgan fingerprint density at radius 3 is 1.40 bits per heavy atom. The molecule has 328 valence electrons. The smallest absolute Gasteiger partial charge is 0.0714 e. The van der Waals surface area contributed by atoms with E-state index >= 15 is 0 Å². The number of hydrogen-bond acceptors (Lipinski definition) is 2. The Morgan fingerprint density at radius 2 is 0.757 bits per heavy atom. The van der Waals surface area contributed by atoms with Gasteiger partial charge in [0, 0.05) is 37.1 Å². The minimum Gasteiger partial charge on any atom is -0.310 e. The first kappa shape index (κ1) is 40.5. The van der Waals surface area contributed by atoms with Gasteiger partial charge in [-0.05, 0) is 121 Å².